The number of nitrogens with one attached hydrogen (secondary N) is 2. The van der Waals surface area contributed by atoms with Gasteiger partial charge in [-0.1, -0.05) is 12.2 Å². The first-order valence-corrected chi connectivity index (χ1v) is 6.10. The molecule has 1 aliphatic carbocycles. The zero-order valence-corrected chi connectivity index (χ0v) is 10.3. The summed E-state index contributed by atoms with van der Waals surface area (Å²) in [6, 6.07) is -0.347. The predicted octanol–water partition coefficient (Wildman–Crippen LogP) is 0.646. The van der Waals surface area contributed by atoms with E-state index in [-0.39, 0.29) is 17.9 Å². The average molecular weight is 242 g/mol. The molecule has 2 amide bonds. The van der Waals surface area contributed by atoms with Crippen LogP contribution in [0.25, 0.3) is 0 Å². The van der Waals surface area contributed by atoms with Crippen LogP contribution in [0.4, 0.5) is 0 Å². The summed E-state index contributed by atoms with van der Waals surface area (Å²) >= 11 is 4.06. The zero-order valence-electron chi connectivity index (χ0n) is 9.40. The first-order chi connectivity index (χ1) is 7.63. The van der Waals surface area contributed by atoms with E-state index in [1.54, 1.807) is 0 Å². The van der Waals surface area contributed by atoms with Crippen LogP contribution in [0.5, 0.6) is 0 Å². The molecule has 0 saturated carbocycles. The number of hydrogen-bond donors (Lipinski definition) is 3. The first kappa shape index (κ1) is 13.1. The Kier molecular flexibility index (Phi) is 5.38. The highest BCUT2D eigenvalue weighted by molar-refractivity contribution is 7.80. The second-order valence-electron chi connectivity index (χ2n) is 3.93. The maximum atomic E-state index is 11.8. The van der Waals surface area contributed by atoms with Gasteiger partial charge in [0.1, 0.15) is 6.04 Å². The van der Waals surface area contributed by atoms with Crippen molar-refractivity contribution in [3.63, 3.8) is 0 Å². The Morgan fingerprint density at radius 3 is 2.75 bits per heavy atom. The second kappa shape index (κ2) is 6.58. The van der Waals surface area contributed by atoms with Crippen LogP contribution >= 0.6 is 12.6 Å². The molecule has 0 radical (unpaired) electrons. The van der Waals surface area contributed by atoms with E-state index < -0.39 is 6.04 Å². The maximum absolute atomic E-state index is 11.8. The molecule has 0 saturated heterocycles. The maximum Gasteiger partial charge on any atom is 0.243 e. The van der Waals surface area contributed by atoms with Crippen LogP contribution in [0.2, 0.25) is 0 Å². The molecule has 0 fully saturated rings. The van der Waals surface area contributed by atoms with Gasteiger partial charge in [-0.25, -0.2) is 0 Å². The standard InChI is InChI=1S/C11H18N2O2S/c1-8(14)12-10(7-16)11(15)13-9-5-3-2-4-6-9/h2-3,9-10,16H,4-7H2,1H3,(H,12,14)(H,13,15). The predicted molar refractivity (Wildman–Crippen MR) is 66.4 cm³/mol. The third-order valence-electron chi connectivity index (χ3n) is 2.49. The number of rotatable bonds is 4. The van der Waals surface area contributed by atoms with E-state index in [2.05, 4.69) is 35.4 Å². The third-order valence-corrected chi connectivity index (χ3v) is 2.86. The van der Waals surface area contributed by atoms with Gasteiger partial charge in [0, 0.05) is 18.7 Å². The molecular formula is C11H18N2O2S. The summed E-state index contributed by atoms with van der Waals surface area (Å²) in [6.07, 6.45) is 7.01. The van der Waals surface area contributed by atoms with Gasteiger partial charge in [0.15, 0.2) is 0 Å². The Hall–Kier alpha value is -0.970. The lowest BCUT2D eigenvalue weighted by atomic mass is 10.0. The summed E-state index contributed by atoms with van der Waals surface area (Å²) in [7, 11) is 0. The Morgan fingerprint density at radius 2 is 2.25 bits per heavy atom. The zero-order chi connectivity index (χ0) is 12.0. The van der Waals surface area contributed by atoms with Crippen LogP contribution in [-0.4, -0.2) is 29.7 Å². The van der Waals surface area contributed by atoms with E-state index in [9.17, 15) is 9.59 Å². The number of hydrogen-bond acceptors (Lipinski definition) is 3. The van der Waals surface area contributed by atoms with E-state index in [1.807, 2.05) is 0 Å². The van der Waals surface area contributed by atoms with Gasteiger partial charge in [0.25, 0.3) is 0 Å². The highest BCUT2D eigenvalue weighted by Gasteiger charge is 2.20. The van der Waals surface area contributed by atoms with Gasteiger partial charge < -0.3 is 10.6 Å². The molecule has 0 spiro atoms. The Morgan fingerprint density at radius 1 is 1.50 bits per heavy atom. The molecular weight excluding hydrogens is 224 g/mol. The summed E-state index contributed by atoms with van der Waals surface area (Å²) in [5.74, 6) is -0.0446. The van der Waals surface area contributed by atoms with Gasteiger partial charge in [-0.3, -0.25) is 9.59 Å². The molecule has 90 valence electrons. The topological polar surface area (TPSA) is 58.2 Å². The molecule has 16 heavy (non-hydrogen) atoms. The van der Waals surface area contributed by atoms with Gasteiger partial charge >= 0.3 is 0 Å². The van der Waals surface area contributed by atoms with Crippen LogP contribution in [-0.2, 0) is 9.59 Å². The van der Waals surface area contributed by atoms with Crippen LogP contribution in [0, 0.1) is 0 Å². The summed E-state index contributed by atoms with van der Waals surface area (Å²) in [5, 5.41) is 5.49. The molecule has 0 aromatic rings. The Labute approximate surface area is 101 Å². The molecule has 2 unspecified atom stereocenters. The van der Waals surface area contributed by atoms with E-state index in [0.29, 0.717) is 5.75 Å². The molecule has 0 heterocycles. The number of carbonyl (C=O) groups is 2. The molecule has 4 nitrogen and oxygen atoms in total. The van der Waals surface area contributed by atoms with Crippen molar-refractivity contribution in [1.29, 1.82) is 0 Å². The molecule has 1 rings (SSSR count). The fraction of sp³-hybridized carbons (Fsp3) is 0.636. The van der Waals surface area contributed by atoms with Gasteiger partial charge in [-0.2, -0.15) is 12.6 Å². The summed E-state index contributed by atoms with van der Waals surface area (Å²) < 4.78 is 0. The van der Waals surface area contributed by atoms with E-state index in [4.69, 9.17) is 0 Å². The third kappa shape index (κ3) is 4.26. The minimum absolute atomic E-state index is 0.148. The highest BCUT2D eigenvalue weighted by atomic mass is 32.1. The summed E-state index contributed by atoms with van der Waals surface area (Å²) in [6.45, 7) is 1.40. The number of amides is 2. The monoisotopic (exact) mass is 242 g/mol. The SMILES string of the molecule is CC(=O)NC(CS)C(=O)NC1CC=CCC1. The molecule has 0 aliphatic heterocycles. The largest absolute Gasteiger partial charge is 0.351 e. The molecule has 0 aromatic carbocycles. The Bertz CT molecular complexity index is 292. The van der Waals surface area contributed by atoms with Crippen LogP contribution in [0.15, 0.2) is 12.2 Å². The van der Waals surface area contributed by atoms with Gasteiger partial charge in [0.05, 0.1) is 0 Å². The van der Waals surface area contributed by atoms with Gasteiger partial charge in [0.2, 0.25) is 11.8 Å². The van der Waals surface area contributed by atoms with E-state index >= 15 is 0 Å². The molecule has 5 heteroatoms. The van der Waals surface area contributed by atoms with E-state index in [1.165, 1.54) is 6.92 Å². The van der Waals surface area contributed by atoms with Crippen LogP contribution in [0.1, 0.15) is 26.2 Å². The van der Waals surface area contributed by atoms with Crippen molar-refractivity contribution in [2.75, 3.05) is 5.75 Å². The van der Waals surface area contributed by atoms with Crippen molar-refractivity contribution in [3.05, 3.63) is 12.2 Å². The van der Waals surface area contributed by atoms with Gasteiger partial charge in [-0.05, 0) is 19.3 Å². The lowest BCUT2D eigenvalue weighted by Crippen LogP contribution is -2.50. The van der Waals surface area contributed by atoms with Crippen molar-refractivity contribution in [3.8, 4) is 0 Å². The van der Waals surface area contributed by atoms with Crippen molar-refractivity contribution >= 4 is 24.4 Å². The quantitative estimate of drug-likeness (QED) is 0.501. The molecule has 0 aromatic heterocycles. The molecule has 2 atom stereocenters. The van der Waals surface area contributed by atoms with Crippen molar-refractivity contribution < 1.29 is 9.59 Å². The smallest absolute Gasteiger partial charge is 0.243 e. The minimum Gasteiger partial charge on any atom is -0.351 e. The van der Waals surface area contributed by atoms with Crippen LogP contribution < -0.4 is 10.6 Å². The summed E-state index contributed by atoms with van der Waals surface area (Å²) in [4.78, 5) is 22.7. The lowest BCUT2D eigenvalue weighted by molar-refractivity contribution is -0.128. The number of thiol groups is 1. The van der Waals surface area contributed by atoms with Gasteiger partial charge in [-0.15, -0.1) is 0 Å². The fourth-order valence-electron chi connectivity index (χ4n) is 1.67. The lowest BCUT2D eigenvalue weighted by Gasteiger charge is -2.22. The molecule has 0 bridgehead atoms. The molecule has 2 N–H and O–H groups in total. The first-order valence-electron chi connectivity index (χ1n) is 5.47. The molecule has 1 aliphatic rings. The highest BCUT2D eigenvalue weighted by Crippen LogP contribution is 2.10. The normalized spacial score (nSPS) is 21.2. The Balaban J connectivity index is 2.42. The van der Waals surface area contributed by atoms with Crippen molar-refractivity contribution in [2.45, 2.75) is 38.3 Å². The van der Waals surface area contributed by atoms with Crippen molar-refractivity contribution in [1.82, 2.24) is 10.6 Å². The van der Waals surface area contributed by atoms with Crippen molar-refractivity contribution in [2.24, 2.45) is 0 Å². The second-order valence-corrected chi connectivity index (χ2v) is 4.29. The number of carbonyl (C=O) groups excluding carboxylic acids is 2. The minimum atomic E-state index is -0.535. The summed E-state index contributed by atoms with van der Waals surface area (Å²) in [5.41, 5.74) is 0. The average Bonchev–Trinajstić information content (AvgIpc) is 2.26. The number of allylic oxidation sites excluding steroid dienone is 1. The fourth-order valence-corrected chi connectivity index (χ4v) is 1.92. The van der Waals surface area contributed by atoms with E-state index in [0.717, 1.165) is 19.3 Å². The van der Waals surface area contributed by atoms with Crippen LogP contribution in [0.3, 0.4) is 0 Å².